The van der Waals surface area contributed by atoms with Crippen LogP contribution in [0.15, 0.2) is 68.8 Å². The quantitative estimate of drug-likeness (QED) is 0.199. The third-order valence-corrected chi connectivity index (χ3v) is 3.81. The molecule has 2 rings (SSSR count). The molecule has 0 aliphatic rings. The number of nitrogens with zero attached hydrogens (tertiary/aromatic N) is 4. The van der Waals surface area contributed by atoms with Gasteiger partial charge in [-0.15, -0.1) is 0 Å². The van der Waals surface area contributed by atoms with Gasteiger partial charge >= 0.3 is 0 Å². The van der Waals surface area contributed by atoms with Crippen molar-refractivity contribution in [3.8, 4) is 6.07 Å². The number of nitrogens with one attached hydrogen (secondary N) is 2. The summed E-state index contributed by atoms with van der Waals surface area (Å²) in [6, 6.07) is 13.5. The van der Waals surface area contributed by atoms with Gasteiger partial charge in [-0.25, -0.2) is 0 Å². The normalized spacial score (nSPS) is 11.9. The topological polar surface area (TPSA) is 177 Å². The van der Waals surface area contributed by atoms with Gasteiger partial charge < -0.3 is 5.73 Å². The Morgan fingerprint density at radius 1 is 1.08 bits per heavy atom. The van der Waals surface area contributed by atoms with Crippen LogP contribution in [0.2, 0.25) is 0 Å². The van der Waals surface area contributed by atoms with Crippen molar-refractivity contribution < 1.29 is 13.0 Å². The number of rotatable bonds is 6. The van der Waals surface area contributed by atoms with E-state index in [2.05, 4.69) is 20.8 Å². The van der Waals surface area contributed by atoms with Crippen LogP contribution in [0.3, 0.4) is 0 Å². The third kappa shape index (κ3) is 5.20. The fraction of sp³-hybridized carbons (Fsp3) is 0. The lowest BCUT2D eigenvalue weighted by Crippen LogP contribution is -2.21. The van der Waals surface area contributed by atoms with Crippen LogP contribution in [0.5, 0.6) is 0 Å². The highest BCUT2D eigenvalue weighted by Gasteiger charge is 2.08. The maximum atomic E-state index is 11.0. The van der Waals surface area contributed by atoms with Crippen molar-refractivity contribution in [1.82, 2.24) is 0 Å². The molecule has 5 N–H and O–H groups in total. The van der Waals surface area contributed by atoms with Gasteiger partial charge in [0.2, 0.25) is 5.71 Å². The van der Waals surface area contributed by atoms with Gasteiger partial charge in [-0.05, 0) is 48.5 Å². The second-order valence-electron chi connectivity index (χ2n) is 4.81. The van der Waals surface area contributed by atoms with E-state index in [1.165, 1.54) is 24.3 Å². The lowest BCUT2D eigenvalue weighted by molar-refractivity contribution is 0.483. The van der Waals surface area contributed by atoms with Gasteiger partial charge in [-0.2, -0.15) is 29.0 Å². The number of azo groups is 1. The minimum Gasteiger partial charge on any atom is -0.382 e. The molecule has 0 unspecified atom stereocenters. The van der Waals surface area contributed by atoms with Crippen LogP contribution >= 0.6 is 0 Å². The van der Waals surface area contributed by atoms with Crippen molar-refractivity contribution in [3.63, 3.8) is 0 Å². The van der Waals surface area contributed by atoms with Gasteiger partial charge in [0.25, 0.3) is 10.1 Å². The summed E-state index contributed by atoms with van der Waals surface area (Å²) in [7, 11) is -4.24. The van der Waals surface area contributed by atoms with Crippen LogP contribution in [0.4, 0.5) is 17.1 Å². The molecule has 0 bridgehead atoms. The molecule has 0 aliphatic carbocycles. The van der Waals surface area contributed by atoms with Crippen LogP contribution in [0.1, 0.15) is 0 Å². The second kappa shape index (κ2) is 7.97. The molecular formula is C15H13N7O3S. The molecule has 0 heterocycles. The molecule has 0 saturated carbocycles. The average molecular weight is 371 g/mol. The molecule has 0 spiro atoms. The van der Waals surface area contributed by atoms with Crippen molar-refractivity contribution in [2.45, 2.75) is 4.90 Å². The summed E-state index contributed by atoms with van der Waals surface area (Å²) in [5.41, 5.74) is 9.01. The van der Waals surface area contributed by atoms with Crippen molar-refractivity contribution in [1.29, 1.82) is 10.7 Å². The summed E-state index contributed by atoms with van der Waals surface area (Å²) < 4.78 is 30.8. The Kier molecular flexibility index (Phi) is 5.74. The summed E-state index contributed by atoms with van der Waals surface area (Å²) in [4.78, 5) is -0.227. The summed E-state index contributed by atoms with van der Waals surface area (Å²) >= 11 is 0. The van der Waals surface area contributed by atoms with Gasteiger partial charge in [0.1, 0.15) is 6.07 Å². The predicted octanol–water partition coefficient (Wildman–Crippen LogP) is 2.58. The summed E-state index contributed by atoms with van der Waals surface area (Å²) in [5, 5.41) is 27.5. The molecule has 0 saturated heterocycles. The highest BCUT2D eigenvalue weighted by molar-refractivity contribution is 7.85. The van der Waals surface area contributed by atoms with Gasteiger partial charge in [-0.3, -0.25) is 15.4 Å². The van der Waals surface area contributed by atoms with E-state index < -0.39 is 16.0 Å². The SMILES string of the molecule is N#C/C(=N\Nc1ccc(N=Nc2ccc(S(=O)(=O)O)cc2)cc1)C(=N)N. The lowest BCUT2D eigenvalue weighted by atomic mass is 10.3. The van der Waals surface area contributed by atoms with Crippen LogP contribution in [0, 0.1) is 16.7 Å². The van der Waals surface area contributed by atoms with Gasteiger partial charge in [0, 0.05) is 0 Å². The van der Waals surface area contributed by atoms with Gasteiger partial charge in [-0.1, -0.05) is 0 Å². The molecule has 10 nitrogen and oxygen atoms in total. The van der Waals surface area contributed by atoms with Crippen molar-refractivity contribution in [3.05, 3.63) is 48.5 Å². The molecule has 0 radical (unpaired) electrons. The van der Waals surface area contributed by atoms with E-state index in [0.717, 1.165) is 0 Å². The number of benzene rings is 2. The van der Waals surface area contributed by atoms with E-state index in [-0.39, 0.29) is 10.6 Å². The van der Waals surface area contributed by atoms with Gasteiger partial charge in [0.15, 0.2) is 5.84 Å². The lowest BCUT2D eigenvalue weighted by Gasteiger charge is -2.01. The molecule has 11 heteroatoms. The third-order valence-electron chi connectivity index (χ3n) is 2.94. The predicted molar refractivity (Wildman–Crippen MR) is 95.5 cm³/mol. The Bertz CT molecular complexity index is 1000. The van der Waals surface area contributed by atoms with E-state index in [9.17, 15) is 8.42 Å². The fourth-order valence-electron chi connectivity index (χ4n) is 1.67. The molecule has 0 fully saturated rings. The number of hydrazone groups is 1. The number of hydrogen-bond donors (Lipinski definition) is 4. The maximum absolute atomic E-state index is 11.0. The molecule has 2 aromatic carbocycles. The van der Waals surface area contributed by atoms with Crippen LogP contribution in [0.25, 0.3) is 0 Å². The number of amidine groups is 1. The van der Waals surface area contributed by atoms with Crippen molar-refractivity contribution >= 4 is 38.7 Å². The molecule has 26 heavy (non-hydrogen) atoms. The largest absolute Gasteiger partial charge is 0.382 e. The minimum atomic E-state index is -4.24. The van der Waals surface area contributed by atoms with E-state index in [1.54, 1.807) is 30.3 Å². The maximum Gasteiger partial charge on any atom is 0.294 e. The first-order chi connectivity index (χ1) is 12.3. The molecule has 132 valence electrons. The summed E-state index contributed by atoms with van der Waals surface area (Å²) in [6.07, 6.45) is 0. The van der Waals surface area contributed by atoms with Crippen molar-refractivity contribution in [2.24, 2.45) is 21.1 Å². The zero-order chi connectivity index (χ0) is 19.2. The standard InChI is InChI=1S/C15H13N7O3S/c16-9-14(15(17)18)22-21-11-3-1-10(2-4-11)19-20-12-5-7-13(8-6-12)26(23,24)25/h1-8,21H,(H3,17,18)(H,23,24,25)/b20-19?,22-14+. The van der Waals surface area contributed by atoms with Crippen LogP contribution < -0.4 is 11.2 Å². The van der Waals surface area contributed by atoms with E-state index in [4.69, 9.17) is 21.0 Å². The van der Waals surface area contributed by atoms with Crippen molar-refractivity contribution in [2.75, 3.05) is 5.43 Å². The van der Waals surface area contributed by atoms with Crippen LogP contribution in [-0.4, -0.2) is 24.5 Å². The fourth-order valence-corrected chi connectivity index (χ4v) is 2.15. The minimum absolute atomic E-state index is 0.227. The Labute approximate surface area is 148 Å². The highest BCUT2D eigenvalue weighted by atomic mass is 32.2. The molecule has 0 amide bonds. The second-order valence-corrected chi connectivity index (χ2v) is 6.24. The van der Waals surface area contributed by atoms with E-state index >= 15 is 0 Å². The highest BCUT2D eigenvalue weighted by Crippen LogP contribution is 2.21. The number of hydrogen-bond acceptors (Lipinski definition) is 8. The Morgan fingerprint density at radius 3 is 2.00 bits per heavy atom. The Balaban J connectivity index is 2.06. The molecule has 2 aromatic rings. The summed E-state index contributed by atoms with van der Waals surface area (Å²) in [6.45, 7) is 0. The van der Waals surface area contributed by atoms with Gasteiger partial charge in [0.05, 0.1) is 22.0 Å². The summed E-state index contributed by atoms with van der Waals surface area (Å²) in [5.74, 6) is -0.439. The zero-order valence-electron chi connectivity index (χ0n) is 13.2. The first kappa shape index (κ1) is 18.7. The zero-order valence-corrected chi connectivity index (χ0v) is 14.0. The van der Waals surface area contributed by atoms with Crippen LogP contribution in [-0.2, 0) is 10.1 Å². The molecular weight excluding hydrogens is 358 g/mol. The Morgan fingerprint density at radius 2 is 1.58 bits per heavy atom. The number of nitrogens with two attached hydrogens (primary N) is 1. The molecule has 0 atom stereocenters. The molecule has 0 aliphatic heterocycles. The van der Waals surface area contributed by atoms with E-state index in [0.29, 0.717) is 17.1 Å². The monoisotopic (exact) mass is 371 g/mol. The first-order valence-electron chi connectivity index (χ1n) is 6.97. The molecule has 0 aromatic heterocycles. The Hall–Kier alpha value is -3.62. The average Bonchev–Trinajstić information content (AvgIpc) is 2.61. The number of anilines is 1. The first-order valence-corrected chi connectivity index (χ1v) is 8.41. The van der Waals surface area contributed by atoms with E-state index in [1.807, 2.05) is 0 Å². The number of nitriles is 1. The smallest absolute Gasteiger partial charge is 0.294 e.